The maximum atomic E-state index is 11.6. The lowest BCUT2D eigenvalue weighted by Gasteiger charge is -2.37. The second-order valence-electron chi connectivity index (χ2n) is 4.38. The predicted molar refractivity (Wildman–Crippen MR) is 73.1 cm³/mol. The van der Waals surface area contributed by atoms with E-state index in [1.807, 2.05) is 0 Å². The lowest BCUT2D eigenvalue weighted by Crippen LogP contribution is -2.47. The number of aliphatic carboxylic acids is 1. The number of likely N-dealkylation sites (tertiary alicyclic amines) is 1. The lowest BCUT2D eigenvalue weighted by molar-refractivity contribution is -0.136. The second-order valence-corrected chi connectivity index (χ2v) is 5.82. The molecule has 1 aliphatic heterocycles. The third-order valence-corrected chi connectivity index (χ3v) is 4.32. The molecule has 0 aromatic rings. The average Bonchev–Trinajstić information content (AvgIpc) is 2.23. The van der Waals surface area contributed by atoms with Gasteiger partial charge in [0.25, 0.3) is 0 Å². The van der Waals surface area contributed by atoms with Gasteiger partial charge in [-0.05, 0) is 26.2 Å². The van der Waals surface area contributed by atoms with Crippen LogP contribution in [0.5, 0.6) is 0 Å². The van der Waals surface area contributed by atoms with E-state index in [0.717, 1.165) is 12.8 Å². The van der Waals surface area contributed by atoms with Crippen molar-refractivity contribution in [3.8, 4) is 0 Å². The van der Waals surface area contributed by atoms with Crippen LogP contribution in [0.25, 0.3) is 0 Å². The minimum Gasteiger partial charge on any atom is -0.481 e. The van der Waals surface area contributed by atoms with Crippen LogP contribution in [0.15, 0.2) is 0 Å². The number of hydrogen-bond acceptors (Lipinski definition) is 3. The molecule has 2 atom stereocenters. The lowest BCUT2D eigenvalue weighted by atomic mass is 10.0. The van der Waals surface area contributed by atoms with Crippen molar-refractivity contribution in [2.75, 3.05) is 13.1 Å². The van der Waals surface area contributed by atoms with Crippen LogP contribution in [-0.4, -0.2) is 45.1 Å². The fourth-order valence-electron chi connectivity index (χ4n) is 1.97. The zero-order valence-corrected chi connectivity index (χ0v) is 12.1. The summed E-state index contributed by atoms with van der Waals surface area (Å²) in [6.07, 6.45) is 3.44. The third-order valence-electron chi connectivity index (χ3n) is 2.98. The molecule has 0 aliphatic carbocycles. The average molecular weight is 354 g/mol. The van der Waals surface area contributed by atoms with E-state index in [4.69, 9.17) is 5.11 Å². The molecule has 17 heavy (non-hydrogen) atoms. The fraction of sp³-hybridized carbons (Fsp3) is 0.818. The Balaban J connectivity index is 2.31. The topological polar surface area (TPSA) is 69.6 Å². The van der Waals surface area contributed by atoms with Crippen LogP contribution in [-0.2, 0) is 9.59 Å². The van der Waals surface area contributed by atoms with Gasteiger partial charge in [0.1, 0.15) is 0 Å². The highest BCUT2D eigenvalue weighted by Gasteiger charge is 2.27. The molecular weight excluding hydrogens is 335 g/mol. The number of piperidine rings is 1. The smallest absolute Gasteiger partial charge is 0.305 e. The predicted octanol–water partition coefficient (Wildman–Crippen LogP) is 1.21. The van der Waals surface area contributed by atoms with Crippen molar-refractivity contribution in [3.63, 3.8) is 0 Å². The Kier molecular flexibility index (Phi) is 6.18. The highest BCUT2D eigenvalue weighted by atomic mass is 127. The molecule has 98 valence electrons. The zero-order chi connectivity index (χ0) is 12.8. The molecule has 0 radical (unpaired) electrons. The molecule has 0 aromatic heterocycles. The van der Waals surface area contributed by atoms with Crippen molar-refractivity contribution in [3.05, 3.63) is 0 Å². The van der Waals surface area contributed by atoms with Gasteiger partial charge in [0.2, 0.25) is 5.91 Å². The molecule has 6 heteroatoms. The molecule has 2 N–H and O–H groups in total. The number of nitrogens with zero attached hydrogens (tertiary/aromatic N) is 1. The fourth-order valence-corrected chi connectivity index (χ4v) is 3.16. The highest BCUT2D eigenvalue weighted by Crippen LogP contribution is 2.26. The number of carboxylic acid groups (broad SMARTS) is 1. The van der Waals surface area contributed by atoms with Gasteiger partial charge >= 0.3 is 5.97 Å². The number of carbonyl (C=O) groups excluding carboxylic acids is 1. The van der Waals surface area contributed by atoms with Gasteiger partial charge in [0.05, 0.1) is 17.0 Å². The minimum absolute atomic E-state index is 0.0189. The molecule has 5 nitrogen and oxygen atoms in total. The number of carboxylic acids is 1. The van der Waals surface area contributed by atoms with Gasteiger partial charge in [-0.2, -0.15) is 0 Å². The first-order chi connectivity index (χ1) is 8.00. The first-order valence-corrected chi connectivity index (χ1v) is 7.13. The summed E-state index contributed by atoms with van der Waals surface area (Å²) < 4.78 is 0.404. The highest BCUT2D eigenvalue weighted by molar-refractivity contribution is 14.1. The number of carbonyl (C=O) groups is 2. The van der Waals surface area contributed by atoms with Crippen molar-refractivity contribution >= 4 is 34.5 Å². The molecule has 1 fully saturated rings. The van der Waals surface area contributed by atoms with E-state index < -0.39 is 5.97 Å². The maximum absolute atomic E-state index is 11.6. The monoisotopic (exact) mass is 354 g/mol. The summed E-state index contributed by atoms with van der Waals surface area (Å²) in [4.78, 5) is 24.1. The number of rotatable bonds is 5. The molecule has 0 saturated carbocycles. The van der Waals surface area contributed by atoms with Gasteiger partial charge in [-0.15, -0.1) is 0 Å². The molecule has 1 saturated heterocycles. The summed E-state index contributed by atoms with van der Waals surface area (Å²) in [6.45, 7) is 2.71. The van der Waals surface area contributed by atoms with Crippen LogP contribution >= 0.6 is 22.6 Å². The molecule has 1 amide bonds. The SMILES string of the molecule is C[C@@H]1CCCC(I)N1CC(=O)NCCC(=O)O. The number of nitrogens with one attached hydrogen (secondary N) is 1. The Morgan fingerprint density at radius 1 is 1.47 bits per heavy atom. The molecule has 1 aliphatic rings. The summed E-state index contributed by atoms with van der Waals surface area (Å²) in [5.41, 5.74) is 0. The van der Waals surface area contributed by atoms with E-state index >= 15 is 0 Å². The number of amides is 1. The van der Waals surface area contributed by atoms with Gasteiger partial charge in [-0.25, -0.2) is 0 Å². The number of alkyl halides is 1. The molecule has 0 aromatic carbocycles. The molecule has 1 heterocycles. The largest absolute Gasteiger partial charge is 0.481 e. The Labute approximate surface area is 115 Å². The van der Waals surface area contributed by atoms with Crippen LogP contribution in [0, 0.1) is 0 Å². The quantitative estimate of drug-likeness (QED) is 0.443. The van der Waals surface area contributed by atoms with Crippen molar-refractivity contribution in [1.29, 1.82) is 0 Å². The van der Waals surface area contributed by atoms with E-state index in [0.29, 0.717) is 16.6 Å². The van der Waals surface area contributed by atoms with Gasteiger partial charge in [-0.1, -0.05) is 22.6 Å². The van der Waals surface area contributed by atoms with E-state index in [1.165, 1.54) is 6.42 Å². The van der Waals surface area contributed by atoms with Crippen LogP contribution in [0.2, 0.25) is 0 Å². The maximum Gasteiger partial charge on any atom is 0.305 e. The van der Waals surface area contributed by atoms with Crippen LogP contribution < -0.4 is 5.32 Å². The molecule has 1 rings (SSSR count). The van der Waals surface area contributed by atoms with Crippen molar-refractivity contribution in [2.45, 2.75) is 42.7 Å². The zero-order valence-electron chi connectivity index (χ0n) is 9.99. The first-order valence-electron chi connectivity index (χ1n) is 5.89. The van der Waals surface area contributed by atoms with Crippen molar-refractivity contribution < 1.29 is 14.7 Å². The van der Waals surface area contributed by atoms with Crippen LogP contribution in [0.1, 0.15) is 32.6 Å². The standard InChI is InChI=1S/C11H19IN2O3/c1-8-3-2-4-9(12)14(8)7-10(15)13-6-5-11(16)17/h8-9H,2-7H2,1H3,(H,13,15)(H,16,17)/t8-,9?/m1/s1. The van der Waals surface area contributed by atoms with Gasteiger partial charge in [-0.3, -0.25) is 14.5 Å². The molecular formula is C11H19IN2O3. The number of halogens is 1. The van der Waals surface area contributed by atoms with Gasteiger partial charge in [0.15, 0.2) is 0 Å². The summed E-state index contributed by atoms with van der Waals surface area (Å²) in [5.74, 6) is -0.968. The van der Waals surface area contributed by atoms with Gasteiger partial charge < -0.3 is 10.4 Å². The van der Waals surface area contributed by atoms with Crippen molar-refractivity contribution in [2.24, 2.45) is 0 Å². The minimum atomic E-state index is -0.886. The van der Waals surface area contributed by atoms with E-state index in [9.17, 15) is 9.59 Å². The van der Waals surface area contributed by atoms with E-state index in [1.54, 1.807) is 0 Å². The third kappa shape index (κ3) is 5.20. The Morgan fingerprint density at radius 3 is 2.76 bits per heavy atom. The summed E-state index contributed by atoms with van der Waals surface area (Å²) in [6, 6.07) is 0.427. The van der Waals surface area contributed by atoms with E-state index in [2.05, 4.69) is 39.7 Å². The molecule has 1 unspecified atom stereocenters. The van der Waals surface area contributed by atoms with Crippen LogP contribution in [0.4, 0.5) is 0 Å². The van der Waals surface area contributed by atoms with Crippen LogP contribution in [0.3, 0.4) is 0 Å². The second kappa shape index (κ2) is 7.15. The summed E-state index contributed by atoms with van der Waals surface area (Å²) in [7, 11) is 0. The first kappa shape index (κ1) is 14.7. The van der Waals surface area contributed by atoms with E-state index in [-0.39, 0.29) is 18.9 Å². The summed E-state index contributed by atoms with van der Waals surface area (Å²) in [5, 5.41) is 11.1. The summed E-state index contributed by atoms with van der Waals surface area (Å²) >= 11 is 2.37. The molecule has 0 spiro atoms. The molecule has 0 bridgehead atoms. The Bertz CT molecular complexity index is 276. The number of hydrogen-bond donors (Lipinski definition) is 2. The Hall–Kier alpha value is -0.370. The normalized spacial score (nSPS) is 25.5. The van der Waals surface area contributed by atoms with Gasteiger partial charge in [0, 0.05) is 12.6 Å². The Morgan fingerprint density at radius 2 is 2.18 bits per heavy atom. The van der Waals surface area contributed by atoms with Crippen molar-refractivity contribution in [1.82, 2.24) is 10.2 Å².